The van der Waals surface area contributed by atoms with E-state index < -0.39 is 0 Å². The zero-order valence-corrected chi connectivity index (χ0v) is 13.3. The monoisotopic (exact) mass is 312 g/mol. The Labute approximate surface area is 135 Å². The van der Waals surface area contributed by atoms with Crippen molar-refractivity contribution in [1.82, 2.24) is 10.4 Å². The number of halogens is 1. The lowest BCUT2D eigenvalue weighted by atomic mass is 9.85. The van der Waals surface area contributed by atoms with E-state index in [1.54, 1.807) is 0 Å². The number of rotatable bonds is 1. The van der Waals surface area contributed by atoms with Gasteiger partial charge in [-0.05, 0) is 35.7 Å². The highest BCUT2D eigenvalue weighted by molar-refractivity contribution is 6.30. The Bertz CT molecular complexity index is 754. The van der Waals surface area contributed by atoms with E-state index in [1.807, 2.05) is 12.1 Å². The van der Waals surface area contributed by atoms with Crippen LogP contribution in [0.25, 0.3) is 5.57 Å². The van der Waals surface area contributed by atoms with Crippen LogP contribution in [0.15, 0.2) is 54.4 Å². The summed E-state index contributed by atoms with van der Waals surface area (Å²) in [7, 11) is 2.07. The van der Waals surface area contributed by atoms with Gasteiger partial charge in [-0.2, -0.15) is 0 Å². The maximum atomic E-state index is 6.04. The molecule has 0 saturated heterocycles. The Balaban J connectivity index is 1.91. The smallest absolute Gasteiger partial charge is 0.220 e. The van der Waals surface area contributed by atoms with Crippen molar-refractivity contribution >= 4 is 17.2 Å². The van der Waals surface area contributed by atoms with Gasteiger partial charge in [-0.15, -0.1) is 5.48 Å². The number of fused-ring (bicyclic) bond motifs is 2. The lowest BCUT2D eigenvalue weighted by molar-refractivity contribution is 0.0563. The van der Waals surface area contributed by atoms with Gasteiger partial charge in [0.15, 0.2) is 0 Å². The van der Waals surface area contributed by atoms with Crippen molar-refractivity contribution in [3.63, 3.8) is 0 Å². The van der Waals surface area contributed by atoms with Crippen LogP contribution in [-0.2, 0) is 4.84 Å². The van der Waals surface area contributed by atoms with Gasteiger partial charge in [0.25, 0.3) is 0 Å². The molecular formula is C18H17ClN2O. The molecule has 4 rings (SSSR count). The van der Waals surface area contributed by atoms with E-state index in [1.165, 1.54) is 22.3 Å². The summed E-state index contributed by atoms with van der Waals surface area (Å²) in [6, 6.07) is 16.9. The molecule has 2 aliphatic heterocycles. The number of nitrogens with one attached hydrogen (secondary N) is 1. The first kappa shape index (κ1) is 13.7. The third kappa shape index (κ3) is 1.93. The topological polar surface area (TPSA) is 24.5 Å². The predicted octanol–water partition coefficient (Wildman–Crippen LogP) is 3.97. The summed E-state index contributed by atoms with van der Waals surface area (Å²) in [6.45, 7) is 2.12. The lowest BCUT2D eigenvalue weighted by Crippen LogP contribution is -2.30. The first-order valence-electron chi connectivity index (χ1n) is 7.41. The van der Waals surface area contributed by atoms with Crippen LogP contribution in [0.3, 0.4) is 0 Å². The molecule has 0 radical (unpaired) electrons. The van der Waals surface area contributed by atoms with E-state index in [0.717, 1.165) is 10.9 Å². The summed E-state index contributed by atoms with van der Waals surface area (Å²) < 4.78 is 0. The van der Waals surface area contributed by atoms with Gasteiger partial charge in [0.05, 0.1) is 12.1 Å². The molecule has 112 valence electrons. The zero-order chi connectivity index (χ0) is 15.3. The molecule has 0 bridgehead atoms. The molecule has 1 N–H and O–H groups in total. The largest absolute Gasteiger partial charge is 0.390 e. The predicted molar refractivity (Wildman–Crippen MR) is 88.1 cm³/mol. The minimum absolute atomic E-state index is 0.124. The van der Waals surface area contributed by atoms with Gasteiger partial charge in [-0.1, -0.05) is 48.0 Å². The molecule has 3 nitrogen and oxygen atoms in total. The van der Waals surface area contributed by atoms with Crippen LogP contribution in [0, 0.1) is 0 Å². The fourth-order valence-electron chi connectivity index (χ4n) is 3.41. The average Bonchev–Trinajstić information content (AvgIpc) is 2.92. The molecule has 0 saturated carbocycles. The highest BCUT2D eigenvalue weighted by atomic mass is 35.5. The molecule has 0 aliphatic carbocycles. The Morgan fingerprint density at radius 1 is 1.09 bits per heavy atom. The first-order valence-corrected chi connectivity index (χ1v) is 7.78. The molecule has 2 aliphatic rings. The van der Waals surface area contributed by atoms with E-state index in [9.17, 15) is 0 Å². The van der Waals surface area contributed by atoms with Crippen LogP contribution in [0.4, 0.5) is 0 Å². The van der Waals surface area contributed by atoms with Crippen molar-refractivity contribution in [2.75, 3.05) is 7.05 Å². The van der Waals surface area contributed by atoms with Gasteiger partial charge in [0.1, 0.15) is 0 Å². The van der Waals surface area contributed by atoms with Crippen molar-refractivity contribution in [2.24, 2.45) is 0 Å². The average molecular weight is 313 g/mol. The van der Waals surface area contributed by atoms with Crippen molar-refractivity contribution in [1.29, 1.82) is 0 Å². The molecule has 2 aromatic rings. The molecule has 22 heavy (non-hydrogen) atoms. The Morgan fingerprint density at radius 2 is 1.82 bits per heavy atom. The van der Waals surface area contributed by atoms with E-state index in [2.05, 4.69) is 60.7 Å². The third-order valence-corrected chi connectivity index (χ3v) is 4.69. The van der Waals surface area contributed by atoms with E-state index >= 15 is 0 Å². The van der Waals surface area contributed by atoms with Gasteiger partial charge in [0, 0.05) is 17.6 Å². The number of hydrogen-bond acceptors (Lipinski definition) is 3. The summed E-state index contributed by atoms with van der Waals surface area (Å²) in [6.07, 6.45) is 0. The highest BCUT2D eigenvalue weighted by Crippen LogP contribution is 2.44. The van der Waals surface area contributed by atoms with Crippen LogP contribution in [0.5, 0.6) is 0 Å². The molecule has 2 unspecified atom stereocenters. The van der Waals surface area contributed by atoms with E-state index in [-0.39, 0.29) is 12.1 Å². The molecule has 2 aromatic carbocycles. The summed E-state index contributed by atoms with van der Waals surface area (Å²) in [4.78, 5) is 7.94. The summed E-state index contributed by atoms with van der Waals surface area (Å²) >= 11 is 6.04. The van der Waals surface area contributed by atoms with Gasteiger partial charge >= 0.3 is 0 Å². The molecule has 2 heterocycles. The van der Waals surface area contributed by atoms with Gasteiger partial charge in [-0.3, -0.25) is 0 Å². The minimum Gasteiger partial charge on any atom is -0.390 e. The molecule has 2 atom stereocenters. The van der Waals surface area contributed by atoms with Crippen LogP contribution >= 0.6 is 11.6 Å². The summed E-state index contributed by atoms with van der Waals surface area (Å²) in [5, 5.41) is 0.753. The quantitative estimate of drug-likeness (QED) is 0.862. The Hall–Kier alpha value is -1.97. The van der Waals surface area contributed by atoms with Gasteiger partial charge < -0.3 is 9.74 Å². The van der Waals surface area contributed by atoms with Crippen molar-refractivity contribution in [3.05, 3.63) is 76.1 Å². The molecule has 0 amide bonds. The Kier molecular flexibility index (Phi) is 3.13. The fourth-order valence-corrected chi connectivity index (χ4v) is 3.53. The van der Waals surface area contributed by atoms with Crippen LogP contribution in [0.2, 0.25) is 5.02 Å². The Morgan fingerprint density at radius 3 is 2.59 bits per heavy atom. The van der Waals surface area contributed by atoms with Gasteiger partial charge in [-0.25, -0.2) is 0 Å². The van der Waals surface area contributed by atoms with Crippen molar-refractivity contribution in [2.45, 2.75) is 19.0 Å². The number of nitrogens with zero attached hydrogens (tertiary/aromatic N) is 1. The summed E-state index contributed by atoms with van der Waals surface area (Å²) in [5.74, 6) is 0.908. The standard InChI is InChI=1S/C18H17ClN2O/c1-11-16-14-5-3-4-6-15(14)17(21(2)18(16)22-20-11)12-7-9-13(19)10-8-12/h3-11,17,20H,1-2H3. The normalized spacial score (nSPS) is 23.1. The van der Waals surface area contributed by atoms with Crippen molar-refractivity contribution in [3.8, 4) is 0 Å². The molecule has 4 heteroatoms. The second-order valence-electron chi connectivity index (χ2n) is 5.81. The second-order valence-corrected chi connectivity index (χ2v) is 6.25. The van der Waals surface area contributed by atoms with Crippen molar-refractivity contribution < 1.29 is 4.84 Å². The lowest BCUT2D eigenvalue weighted by Gasteiger charge is -2.36. The molecule has 0 aromatic heterocycles. The van der Waals surface area contributed by atoms with E-state index in [4.69, 9.17) is 16.4 Å². The first-order chi connectivity index (χ1) is 10.7. The van der Waals surface area contributed by atoms with Crippen LogP contribution in [0.1, 0.15) is 29.7 Å². The molecule has 0 spiro atoms. The fraction of sp³-hybridized carbons (Fsp3) is 0.222. The number of benzene rings is 2. The number of hydroxylamine groups is 1. The maximum absolute atomic E-state index is 6.04. The van der Waals surface area contributed by atoms with Crippen LogP contribution < -0.4 is 5.48 Å². The van der Waals surface area contributed by atoms with E-state index in [0.29, 0.717) is 0 Å². The molecule has 0 fully saturated rings. The molecular weight excluding hydrogens is 296 g/mol. The summed E-state index contributed by atoms with van der Waals surface area (Å²) in [5.41, 5.74) is 8.06. The maximum Gasteiger partial charge on any atom is 0.220 e. The highest BCUT2D eigenvalue weighted by Gasteiger charge is 2.38. The second kappa shape index (κ2) is 5.04. The number of hydrogen-bond donors (Lipinski definition) is 1. The SMILES string of the molecule is CC1NOC2=C1c1ccccc1C(c1ccc(Cl)cc1)N2C. The third-order valence-electron chi connectivity index (χ3n) is 4.43. The van der Waals surface area contributed by atoms with Crippen LogP contribution in [-0.4, -0.2) is 18.0 Å². The zero-order valence-electron chi connectivity index (χ0n) is 12.5. The minimum atomic E-state index is 0.124. The van der Waals surface area contributed by atoms with Gasteiger partial charge in [0.2, 0.25) is 5.88 Å².